The molecule has 0 bridgehead atoms. The Kier molecular flexibility index (Phi) is 8.16. The molecule has 1 aromatic carbocycles. The summed E-state index contributed by atoms with van der Waals surface area (Å²) < 4.78 is 0. The number of carbonyl (C=O) groups is 2. The molecule has 2 amide bonds. The molecule has 0 unspecified atom stereocenters. The first kappa shape index (κ1) is 22.6. The monoisotopic (exact) mass is 447 g/mol. The van der Waals surface area contributed by atoms with Crippen LogP contribution in [0.4, 0.5) is 5.69 Å². The third-order valence-corrected chi connectivity index (χ3v) is 6.67. The first-order valence-corrected chi connectivity index (χ1v) is 11.9. The maximum atomic E-state index is 13.5. The van der Waals surface area contributed by atoms with Crippen LogP contribution in [0.5, 0.6) is 0 Å². The summed E-state index contributed by atoms with van der Waals surface area (Å²) in [7, 11) is 3.95. The number of hydrogen-bond donors (Lipinski definition) is 1. The lowest BCUT2D eigenvalue weighted by Gasteiger charge is -2.33. The van der Waals surface area contributed by atoms with Crippen LogP contribution in [0.25, 0.3) is 0 Å². The number of rotatable bonds is 8. The average molecular weight is 448 g/mol. The number of alkyl halides is 1. The van der Waals surface area contributed by atoms with Crippen molar-refractivity contribution in [1.29, 1.82) is 0 Å². The van der Waals surface area contributed by atoms with E-state index in [9.17, 15) is 9.59 Å². The van der Waals surface area contributed by atoms with Gasteiger partial charge in [0, 0.05) is 30.7 Å². The minimum absolute atomic E-state index is 0.130. The zero-order chi connectivity index (χ0) is 21.5. The van der Waals surface area contributed by atoms with Gasteiger partial charge in [0.05, 0.1) is 6.54 Å². The van der Waals surface area contributed by atoms with Crippen LogP contribution in [-0.4, -0.2) is 42.7 Å². The van der Waals surface area contributed by atoms with Crippen molar-refractivity contribution in [3.63, 3.8) is 0 Å². The van der Waals surface area contributed by atoms with E-state index in [2.05, 4.69) is 5.32 Å². The number of amides is 2. The topological polar surface area (TPSA) is 52.7 Å². The Morgan fingerprint density at radius 1 is 1.13 bits per heavy atom. The lowest BCUT2D eigenvalue weighted by Crippen LogP contribution is -2.47. The first-order chi connectivity index (χ1) is 14.5. The number of nitrogens with zero attached hydrogens (tertiary/aromatic N) is 2. The highest BCUT2D eigenvalue weighted by Crippen LogP contribution is 2.28. The molecule has 1 atom stereocenters. The number of benzene rings is 1. The van der Waals surface area contributed by atoms with Crippen molar-refractivity contribution in [1.82, 2.24) is 10.2 Å². The molecule has 1 N–H and O–H groups in total. The Hall–Kier alpha value is -2.05. The molecule has 7 heteroatoms. The Labute approximate surface area is 188 Å². The largest absolute Gasteiger partial charge is 0.378 e. The van der Waals surface area contributed by atoms with Crippen LogP contribution in [0.15, 0.2) is 41.8 Å². The van der Waals surface area contributed by atoms with E-state index in [0.717, 1.165) is 41.8 Å². The number of anilines is 1. The van der Waals surface area contributed by atoms with E-state index in [4.69, 9.17) is 11.6 Å². The Morgan fingerprint density at radius 2 is 1.83 bits per heavy atom. The summed E-state index contributed by atoms with van der Waals surface area (Å²) in [5.74, 6) is -0.533. The second-order valence-corrected chi connectivity index (χ2v) is 9.27. The van der Waals surface area contributed by atoms with Gasteiger partial charge in [-0.15, -0.1) is 22.9 Å². The molecule has 5 nitrogen and oxygen atoms in total. The standard InChI is InChI=1S/C23H30ClN3O2S/c1-26(2)19-12-10-17(11-13-19)22(23(29)25-18-7-4-3-5-8-18)27(21(28)15-24)16-20-9-6-14-30-20/h6,9-14,18,22H,3-5,7-8,15-16H2,1-2H3,(H,25,29)/t22-/m1/s1. The van der Waals surface area contributed by atoms with E-state index in [1.54, 1.807) is 16.2 Å². The van der Waals surface area contributed by atoms with Gasteiger partial charge in [-0.05, 0) is 42.0 Å². The summed E-state index contributed by atoms with van der Waals surface area (Å²) in [6.45, 7) is 0.363. The lowest BCUT2D eigenvalue weighted by molar-refractivity contribution is -0.140. The fourth-order valence-corrected chi connectivity index (χ4v) is 4.78. The molecule has 162 valence electrons. The molecule has 1 aliphatic rings. The quantitative estimate of drug-likeness (QED) is 0.603. The molecular formula is C23H30ClN3O2S. The number of halogens is 1. The molecular weight excluding hydrogens is 418 g/mol. The predicted molar refractivity (Wildman–Crippen MR) is 124 cm³/mol. The third-order valence-electron chi connectivity index (χ3n) is 5.58. The van der Waals surface area contributed by atoms with E-state index in [-0.39, 0.29) is 23.7 Å². The van der Waals surface area contributed by atoms with Gasteiger partial charge in [-0.1, -0.05) is 37.5 Å². The van der Waals surface area contributed by atoms with Gasteiger partial charge >= 0.3 is 0 Å². The molecule has 0 radical (unpaired) electrons. The van der Waals surface area contributed by atoms with Gasteiger partial charge in [-0.25, -0.2) is 0 Å². The van der Waals surface area contributed by atoms with E-state index in [1.807, 2.05) is 60.8 Å². The SMILES string of the molecule is CN(C)c1ccc([C@H](C(=O)NC2CCCCC2)N(Cc2cccs2)C(=O)CCl)cc1. The van der Waals surface area contributed by atoms with Crippen molar-refractivity contribution >= 4 is 40.4 Å². The summed E-state index contributed by atoms with van der Waals surface area (Å²) in [5, 5.41) is 5.18. The molecule has 0 spiro atoms. The van der Waals surface area contributed by atoms with E-state index in [0.29, 0.717) is 6.54 Å². The lowest BCUT2D eigenvalue weighted by atomic mass is 9.94. The van der Waals surface area contributed by atoms with Gasteiger partial charge in [0.1, 0.15) is 11.9 Å². The van der Waals surface area contributed by atoms with Crippen LogP contribution in [0.3, 0.4) is 0 Å². The third kappa shape index (κ3) is 5.76. The average Bonchev–Trinajstić information content (AvgIpc) is 3.27. The summed E-state index contributed by atoms with van der Waals surface area (Å²) >= 11 is 7.53. The number of thiophene rings is 1. The minimum atomic E-state index is -0.712. The zero-order valence-corrected chi connectivity index (χ0v) is 19.2. The van der Waals surface area contributed by atoms with E-state index < -0.39 is 6.04 Å². The second-order valence-electron chi connectivity index (χ2n) is 7.97. The van der Waals surface area contributed by atoms with Crippen molar-refractivity contribution in [2.24, 2.45) is 0 Å². The molecule has 0 aliphatic heterocycles. The predicted octanol–water partition coefficient (Wildman–Crippen LogP) is 4.57. The highest BCUT2D eigenvalue weighted by atomic mass is 35.5. The normalized spacial score (nSPS) is 15.4. The van der Waals surface area contributed by atoms with Crippen molar-refractivity contribution in [2.75, 3.05) is 24.9 Å². The minimum Gasteiger partial charge on any atom is -0.378 e. The van der Waals surface area contributed by atoms with Gasteiger partial charge < -0.3 is 15.1 Å². The van der Waals surface area contributed by atoms with Crippen molar-refractivity contribution in [3.8, 4) is 0 Å². The van der Waals surface area contributed by atoms with Crippen LogP contribution >= 0.6 is 22.9 Å². The van der Waals surface area contributed by atoms with Crippen LogP contribution < -0.4 is 10.2 Å². The van der Waals surface area contributed by atoms with Gasteiger partial charge in [0.2, 0.25) is 11.8 Å². The molecule has 1 fully saturated rings. The summed E-state index contributed by atoms with van der Waals surface area (Å²) in [6.07, 6.45) is 5.47. The van der Waals surface area contributed by atoms with Gasteiger partial charge in [-0.2, -0.15) is 0 Å². The number of carbonyl (C=O) groups excluding carboxylic acids is 2. The van der Waals surface area contributed by atoms with Crippen LogP contribution in [0.2, 0.25) is 0 Å². The molecule has 1 aromatic heterocycles. The van der Waals surface area contributed by atoms with Gasteiger partial charge in [0.25, 0.3) is 0 Å². The molecule has 0 saturated heterocycles. The van der Waals surface area contributed by atoms with E-state index in [1.165, 1.54) is 6.42 Å². The number of nitrogens with one attached hydrogen (secondary N) is 1. The summed E-state index contributed by atoms with van der Waals surface area (Å²) in [5.41, 5.74) is 1.84. The first-order valence-electron chi connectivity index (χ1n) is 10.4. The van der Waals surface area contributed by atoms with Crippen molar-refractivity contribution < 1.29 is 9.59 Å². The van der Waals surface area contributed by atoms with Crippen LogP contribution in [-0.2, 0) is 16.1 Å². The fourth-order valence-electron chi connectivity index (χ4n) is 3.93. The van der Waals surface area contributed by atoms with E-state index >= 15 is 0 Å². The smallest absolute Gasteiger partial charge is 0.247 e. The highest BCUT2D eigenvalue weighted by molar-refractivity contribution is 7.09. The fraction of sp³-hybridized carbons (Fsp3) is 0.478. The second kappa shape index (κ2) is 10.8. The molecule has 3 rings (SSSR count). The van der Waals surface area contributed by atoms with Crippen LogP contribution in [0.1, 0.15) is 48.6 Å². The molecule has 1 saturated carbocycles. The van der Waals surface area contributed by atoms with Crippen molar-refractivity contribution in [3.05, 3.63) is 52.2 Å². The molecule has 1 heterocycles. The summed E-state index contributed by atoms with van der Waals surface area (Å²) in [6, 6.07) is 11.2. The Balaban J connectivity index is 1.92. The molecule has 1 aliphatic carbocycles. The Bertz CT molecular complexity index is 817. The molecule has 2 aromatic rings. The summed E-state index contributed by atoms with van der Waals surface area (Å²) in [4.78, 5) is 30.9. The van der Waals surface area contributed by atoms with Crippen molar-refractivity contribution in [2.45, 2.75) is 50.7 Å². The zero-order valence-electron chi connectivity index (χ0n) is 17.6. The van der Waals surface area contributed by atoms with Gasteiger partial charge in [-0.3, -0.25) is 9.59 Å². The van der Waals surface area contributed by atoms with Gasteiger partial charge in [0.15, 0.2) is 0 Å². The Morgan fingerprint density at radius 3 is 2.40 bits per heavy atom. The highest BCUT2D eigenvalue weighted by Gasteiger charge is 2.32. The molecule has 30 heavy (non-hydrogen) atoms. The maximum Gasteiger partial charge on any atom is 0.247 e. The maximum absolute atomic E-state index is 13.5. The van der Waals surface area contributed by atoms with Crippen LogP contribution in [0, 0.1) is 0 Å². The number of hydrogen-bond acceptors (Lipinski definition) is 4.